The zero-order valence-corrected chi connectivity index (χ0v) is 11.9. The van der Waals surface area contributed by atoms with E-state index in [2.05, 4.69) is 15.0 Å². The van der Waals surface area contributed by atoms with Gasteiger partial charge in [-0.05, 0) is 30.8 Å². The van der Waals surface area contributed by atoms with Crippen LogP contribution in [0.15, 0.2) is 52.8 Å². The van der Waals surface area contributed by atoms with Crippen LogP contribution >= 0.6 is 11.8 Å². The summed E-state index contributed by atoms with van der Waals surface area (Å²) in [6.07, 6.45) is 3.33. The van der Waals surface area contributed by atoms with Crippen LogP contribution in [0.3, 0.4) is 0 Å². The van der Waals surface area contributed by atoms with Gasteiger partial charge in [-0.1, -0.05) is 6.07 Å². The molecule has 0 N–H and O–H groups in total. The molecule has 0 fully saturated rings. The predicted molar refractivity (Wildman–Crippen MR) is 79.3 cm³/mol. The minimum absolute atomic E-state index is 0.0330. The summed E-state index contributed by atoms with van der Waals surface area (Å²) >= 11 is 1.27. The fraction of sp³-hybridized carbons (Fsp3) is 0.0714. The van der Waals surface area contributed by atoms with Crippen LogP contribution in [0, 0.1) is 17.0 Å². The highest BCUT2D eigenvalue weighted by atomic mass is 32.2. The molecule has 104 valence electrons. The summed E-state index contributed by atoms with van der Waals surface area (Å²) < 4.78 is 0. The average molecular weight is 298 g/mol. The summed E-state index contributed by atoms with van der Waals surface area (Å²) in [6, 6.07) is 8.38. The zero-order valence-electron chi connectivity index (χ0n) is 11.1. The molecule has 0 aliphatic rings. The third kappa shape index (κ3) is 2.82. The molecule has 3 aromatic rings. The van der Waals surface area contributed by atoms with Crippen molar-refractivity contribution in [3.05, 3.63) is 58.5 Å². The van der Waals surface area contributed by atoms with Crippen molar-refractivity contribution >= 4 is 28.4 Å². The maximum atomic E-state index is 11.0. The van der Waals surface area contributed by atoms with Crippen LogP contribution < -0.4 is 0 Å². The molecular weight excluding hydrogens is 288 g/mol. The fourth-order valence-corrected chi connectivity index (χ4v) is 2.85. The number of rotatable bonds is 3. The molecular formula is C14H10N4O2S. The standard InChI is InChI=1S/C14H10N4O2S/c1-9-4-6-16-14(17-9)21-12-8-11(18(19)20)7-10-3-2-5-15-13(10)12/h2-8H,1H3. The molecule has 1 aromatic carbocycles. The van der Waals surface area contributed by atoms with Crippen molar-refractivity contribution in [1.82, 2.24) is 15.0 Å². The molecule has 0 bridgehead atoms. The number of aromatic nitrogens is 3. The number of pyridine rings is 1. The Kier molecular flexibility index (Phi) is 3.49. The smallest absolute Gasteiger partial charge is 0.258 e. The summed E-state index contributed by atoms with van der Waals surface area (Å²) in [5.74, 6) is 0. The lowest BCUT2D eigenvalue weighted by Gasteiger charge is -2.05. The van der Waals surface area contributed by atoms with E-state index in [0.717, 1.165) is 11.1 Å². The van der Waals surface area contributed by atoms with E-state index in [1.165, 1.54) is 23.9 Å². The van der Waals surface area contributed by atoms with Gasteiger partial charge in [0.25, 0.3) is 5.69 Å². The van der Waals surface area contributed by atoms with Crippen LogP contribution in [0.2, 0.25) is 0 Å². The second kappa shape index (κ2) is 5.45. The van der Waals surface area contributed by atoms with Crippen LogP contribution in [-0.2, 0) is 0 Å². The lowest BCUT2D eigenvalue weighted by molar-refractivity contribution is -0.384. The minimum Gasteiger partial charge on any atom is -0.258 e. The Morgan fingerprint density at radius 3 is 2.81 bits per heavy atom. The molecule has 6 nitrogen and oxygen atoms in total. The molecule has 2 aromatic heterocycles. The first-order valence-corrected chi connectivity index (χ1v) is 6.96. The topological polar surface area (TPSA) is 81.8 Å². The average Bonchev–Trinajstić information content (AvgIpc) is 2.47. The second-order valence-corrected chi connectivity index (χ2v) is 5.37. The summed E-state index contributed by atoms with van der Waals surface area (Å²) in [4.78, 5) is 24.1. The van der Waals surface area contributed by atoms with Gasteiger partial charge in [-0.2, -0.15) is 0 Å². The predicted octanol–water partition coefficient (Wildman–Crippen LogP) is 3.39. The second-order valence-electron chi connectivity index (χ2n) is 4.36. The van der Waals surface area contributed by atoms with Crippen LogP contribution in [0.4, 0.5) is 5.69 Å². The van der Waals surface area contributed by atoms with E-state index in [9.17, 15) is 10.1 Å². The van der Waals surface area contributed by atoms with Crippen molar-refractivity contribution in [3.8, 4) is 0 Å². The van der Waals surface area contributed by atoms with Gasteiger partial charge in [0.05, 0.1) is 10.4 Å². The quantitative estimate of drug-likeness (QED) is 0.419. The van der Waals surface area contributed by atoms with Crippen molar-refractivity contribution in [3.63, 3.8) is 0 Å². The van der Waals surface area contributed by atoms with Crippen molar-refractivity contribution in [1.29, 1.82) is 0 Å². The third-order valence-electron chi connectivity index (χ3n) is 2.84. The maximum Gasteiger partial charge on any atom is 0.271 e. The molecule has 7 heteroatoms. The number of benzene rings is 1. The molecule has 0 amide bonds. The summed E-state index contributed by atoms with van der Waals surface area (Å²) in [7, 11) is 0. The Bertz CT molecular complexity index is 838. The number of fused-ring (bicyclic) bond motifs is 1. The molecule has 3 rings (SSSR count). The van der Waals surface area contributed by atoms with E-state index in [1.54, 1.807) is 30.6 Å². The van der Waals surface area contributed by atoms with Gasteiger partial charge in [-0.3, -0.25) is 15.1 Å². The lowest BCUT2D eigenvalue weighted by Crippen LogP contribution is -1.92. The van der Waals surface area contributed by atoms with Gasteiger partial charge in [0.15, 0.2) is 5.16 Å². The van der Waals surface area contributed by atoms with Gasteiger partial charge in [0.2, 0.25) is 0 Å². The third-order valence-corrected chi connectivity index (χ3v) is 3.75. The Morgan fingerprint density at radius 1 is 1.19 bits per heavy atom. The Morgan fingerprint density at radius 2 is 2.05 bits per heavy atom. The Hall–Kier alpha value is -2.54. The molecule has 21 heavy (non-hydrogen) atoms. The molecule has 0 saturated heterocycles. The summed E-state index contributed by atoms with van der Waals surface area (Å²) in [5.41, 5.74) is 1.58. The van der Waals surface area contributed by atoms with Crippen LogP contribution in [0.1, 0.15) is 5.69 Å². The number of nitrogens with zero attached hydrogens (tertiary/aromatic N) is 4. The van der Waals surface area contributed by atoms with Crippen molar-refractivity contribution in [2.24, 2.45) is 0 Å². The Labute approximate surface area is 124 Å². The van der Waals surface area contributed by atoms with Gasteiger partial charge < -0.3 is 0 Å². The van der Waals surface area contributed by atoms with Crippen molar-refractivity contribution in [2.45, 2.75) is 17.0 Å². The van der Waals surface area contributed by atoms with Crippen molar-refractivity contribution < 1.29 is 4.92 Å². The van der Waals surface area contributed by atoms with Gasteiger partial charge in [-0.25, -0.2) is 9.97 Å². The van der Waals surface area contributed by atoms with E-state index in [1.807, 2.05) is 6.92 Å². The number of hydrogen-bond acceptors (Lipinski definition) is 6. The van der Waals surface area contributed by atoms with Crippen LogP contribution in [0.25, 0.3) is 10.9 Å². The summed E-state index contributed by atoms with van der Waals surface area (Å²) in [5, 5.41) is 12.3. The van der Waals surface area contributed by atoms with E-state index >= 15 is 0 Å². The van der Waals surface area contributed by atoms with Gasteiger partial charge in [0.1, 0.15) is 0 Å². The van der Waals surface area contributed by atoms with E-state index in [4.69, 9.17) is 0 Å². The number of aryl methyl sites for hydroxylation is 1. The fourth-order valence-electron chi connectivity index (χ4n) is 1.90. The molecule has 0 aliphatic carbocycles. The lowest BCUT2D eigenvalue weighted by atomic mass is 10.2. The van der Waals surface area contributed by atoms with Crippen LogP contribution in [0.5, 0.6) is 0 Å². The van der Waals surface area contributed by atoms with Gasteiger partial charge in [-0.15, -0.1) is 0 Å². The van der Waals surface area contributed by atoms with E-state index < -0.39 is 4.92 Å². The highest BCUT2D eigenvalue weighted by Crippen LogP contribution is 2.33. The SMILES string of the molecule is Cc1ccnc(Sc2cc([N+](=O)[O-])cc3cccnc23)n1. The Balaban J connectivity index is 2.13. The highest BCUT2D eigenvalue weighted by Gasteiger charge is 2.14. The molecule has 0 atom stereocenters. The molecule has 0 radical (unpaired) electrons. The highest BCUT2D eigenvalue weighted by molar-refractivity contribution is 7.99. The number of nitro groups is 1. The maximum absolute atomic E-state index is 11.0. The monoisotopic (exact) mass is 298 g/mol. The first-order chi connectivity index (χ1) is 10.1. The van der Waals surface area contributed by atoms with Crippen molar-refractivity contribution in [2.75, 3.05) is 0 Å². The zero-order chi connectivity index (χ0) is 14.8. The molecule has 0 spiro atoms. The first kappa shape index (κ1) is 13.4. The first-order valence-electron chi connectivity index (χ1n) is 6.14. The minimum atomic E-state index is -0.409. The summed E-state index contributed by atoms with van der Waals surface area (Å²) in [6.45, 7) is 1.87. The largest absolute Gasteiger partial charge is 0.271 e. The van der Waals surface area contributed by atoms with E-state index in [-0.39, 0.29) is 5.69 Å². The number of nitro benzene ring substituents is 1. The molecule has 0 saturated carbocycles. The molecule has 0 unspecified atom stereocenters. The van der Waals surface area contributed by atoms with E-state index in [0.29, 0.717) is 15.6 Å². The van der Waals surface area contributed by atoms with Crippen LogP contribution in [-0.4, -0.2) is 19.9 Å². The molecule has 0 aliphatic heterocycles. The normalized spacial score (nSPS) is 10.7. The molecule has 2 heterocycles. The van der Waals surface area contributed by atoms with Gasteiger partial charge >= 0.3 is 0 Å². The van der Waals surface area contributed by atoms with Gasteiger partial charge in [0, 0.05) is 40.5 Å². The number of non-ortho nitro benzene ring substituents is 1. The number of hydrogen-bond donors (Lipinski definition) is 0.